The van der Waals surface area contributed by atoms with Gasteiger partial charge in [-0.1, -0.05) is 30.0 Å². The zero-order valence-corrected chi connectivity index (χ0v) is 14.6. The molecule has 1 aromatic heterocycles. The molecule has 0 spiro atoms. The average molecular weight is 371 g/mol. The fraction of sp³-hybridized carbons (Fsp3) is 0.111. The largest absolute Gasteiger partial charge is 0.439 e. The van der Waals surface area contributed by atoms with E-state index in [4.69, 9.17) is 4.74 Å². The van der Waals surface area contributed by atoms with Crippen LogP contribution in [-0.2, 0) is 5.75 Å². The molecule has 0 atom stereocenters. The van der Waals surface area contributed by atoms with E-state index in [1.807, 2.05) is 6.92 Å². The van der Waals surface area contributed by atoms with Crippen molar-refractivity contribution in [2.24, 2.45) is 0 Å². The van der Waals surface area contributed by atoms with E-state index >= 15 is 0 Å². The van der Waals surface area contributed by atoms with Crippen molar-refractivity contribution in [2.45, 2.75) is 17.8 Å². The maximum Gasteiger partial charge on any atom is 0.269 e. The van der Waals surface area contributed by atoms with Crippen molar-refractivity contribution in [3.63, 3.8) is 0 Å². The van der Waals surface area contributed by atoms with Gasteiger partial charge in [-0.2, -0.15) is 4.98 Å². The zero-order chi connectivity index (χ0) is 18.5. The Morgan fingerprint density at radius 3 is 2.62 bits per heavy atom. The summed E-state index contributed by atoms with van der Waals surface area (Å²) in [6.45, 7) is 1.82. The molecule has 3 rings (SSSR count). The molecule has 0 amide bonds. The first-order valence-corrected chi connectivity index (χ1v) is 8.63. The van der Waals surface area contributed by atoms with Gasteiger partial charge in [0.25, 0.3) is 5.69 Å². The normalized spacial score (nSPS) is 10.5. The number of halogens is 1. The van der Waals surface area contributed by atoms with E-state index < -0.39 is 4.92 Å². The van der Waals surface area contributed by atoms with Crippen molar-refractivity contribution in [2.75, 3.05) is 0 Å². The third kappa shape index (κ3) is 4.76. The molecule has 3 aromatic rings. The molecule has 26 heavy (non-hydrogen) atoms. The van der Waals surface area contributed by atoms with E-state index in [0.717, 1.165) is 11.3 Å². The van der Waals surface area contributed by atoms with Gasteiger partial charge in [-0.15, -0.1) is 0 Å². The Labute approximate surface area is 153 Å². The molecule has 0 aliphatic carbocycles. The number of aromatic nitrogens is 2. The van der Waals surface area contributed by atoms with Crippen LogP contribution in [0.4, 0.5) is 10.1 Å². The quantitative estimate of drug-likeness (QED) is 0.265. The number of nitrogens with zero attached hydrogens (tertiary/aromatic N) is 3. The number of hydrogen-bond donors (Lipinski definition) is 0. The minimum atomic E-state index is -0.434. The topological polar surface area (TPSA) is 78.2 Å². The summed E-state index contributed by atoms with van der Waals surface area (Å²) in [6, 6.07) is 13.8. The molecule has 0 aliphatic rings. The van der Waals surface area contributed by atoms with E-state index in [9.17, 15) is 14.5 Å². The van der Waals surface area contributed by atoms with Crippen LogP contribution >= 0.6 is 11.8 Å². The van der Waals surface area contributed by atoms with E-state index in [-0.39, 0.29) is 11.5 Å². The van der Waals surface area contributed by atoms with Gasteiger partial charge in [-0.05, 0) is 24.6 Å². The van der Waals surface area contributed by atoms with Crippen LogP contribution in [0.15, 0.2) is 59.8 Å². The minimum Gasteiger partial charge on any atom is -0.439 e. The lowest BCUT2D eigenvalue weighted by molar-refractivity contribution is -0.384. The highest BCUT2D eigenvalue weighted by Crippen LogP contribution is 2.26. The zero-order valence-electron chi connectivity index (χ0n) is 13.8. The fourth-order valence-electron chi connectivity index (χ4n) is 2.14. The number of nitro groups is 1. The van der Waals surface area contributed by atoms with Gasteiger partial charge in [0.2, 0.25) is 5.88 Å². The molecule has 0 aliphatic heterocycles. The molecule has 0 fully saturated rings. The summed E-state index contributed by atoms with van der Waals surface area (Å²) >= 11 is 1.38. The standard InChI is InChI=1S/C18H14FN3O3S/c1-12-9-17(25-16-4-2-3-14(19)10-16)21-18(20-12)26-11-13-5-7-15(8-6-13)22(23)24/h2-10H,11H2,1H3. The Kier molecular flexibility index (Phi) is 5.43. The SMILES string of the molecule is Cc1cc(Oc2cccc(F)c2)nc(SCc2ccc([N+](=O)[O-])cc2)n1. The number of benzene rings is 2. The Morgan fingerprint density at radius 2 is 1.92 bits per heavy atom. The molecule has 132 valence electrons. The maximum absolute atomic E-state index is 13.3. The summed E-state index contributed by atoms with van der Waals surface area (Å²) in [5.41, 5.74) is 1.69. The highest BCUT2D eigenvalue weighted by Gasteiger charge is 2.08. The Morgan fingerprint density at radius 1 is 1.15 bits per heavy atom. The number of non-ortho nitro benzene ring substituents is 1. The molecular formula is C18H14FN3O3S. The second kappa shape index (κ2) is 7.92. The molecule has 0 N–H and O–H groups in total. The van der Waals surface area contributed by atoms with Gasteiger partial charge < -0.3 is 4.74 Å². The van der Waals surface area contributed by atoms with Crippen LogP contribution in [0.3, 0.4) is 0 Å². The number of hydrogen-bond acceptors (Lipinski definition) is 6. The van der Waals surface area contributed by atoms with Crippen molar-refractivity contribution in [1.82, 2.24) is 9.97 Å². The van der Waals surface area contributed by atoms with Gasteiger partial charge in [-0.3, -0.25) is 10.1 Å². The first-order chi connectivity index (χ1) is 12.5. The van der Waals surface area contributed by atoms with Crippen molar-refractivity contribution in [3.8, 4) is 11.6 Å². The first-order valence-electron chi connectivity index (χ1n) is 7.65. The highest BCUT2D eigenvalue weighted by molar-refractivity contribution is 7.98. The van der Waals surface area contributed by atoms with Gasteiger partial charge in [0.1, 0.15) is 11.6 Å². The Balaban J connectivity index is 1.70. The molecule has 0 bridgehead atoms. The van der Waals surface area contributed by atoms with Crippen molar-refractivity contribution >= 4 is 17.4 Å². The van der Waals surface area contributed by atoms with E-state index in [2.05, 4.69) is 9.97 Å². The van der Waals surface area contributed by atoms with Crippen molar-refractivity contribution in [1.29, 1.82) is 0 Å². The average Bonchev–Trinajstić information content (AvgIpc) is 2.60. The molecule has 0 saturated heterocycles. The van der Waals surface area contributed by atoms with Crippen LogP contribution in [0.25, 0.3) is 0 Å². The Hall–Kier alpha value is -3.00. The smallest absolute Gasteiger partial charge is 0.269 e. The van der Waals surface area contributed by atoms with Crippen LogP contribution < -0.4 is 4.74 Å². The van der Waals surface area contributed by atoms with E-state index in [1.165, 1.54) is 36.0 Å². The predicted octanol–water partition coefficient (Wildman–Crippen LogP) is 4.92. The van der Waals surface area contributed by atoms with Crippen molar-refractivity contribution < 1.29 is 14.1 Å². The number of thioether (sulfide) groups is 1. The third-order valence-electron chi connectivity index (χ3n) is 3.34. The summed E-state index contributed by atoms with van der Waals surface area (Å²) in [7, 11) is 0. The second-order valence-electron chi connectivity index (χ2n) is 5.40. The van der Waals surface area contributed by atoms with Gasteiger partial charge in [0.05, 0.1) is 4.92 Å². The lowest BCUT2D eigenvalue weighted by atomic mass is 10.2. The first kappa shape index (κ1) is 17.8. The maximum atomic E-state index is 13.3. The molecule has 0 saturated carbocycles. The molecule has 8 heteroatoms. The Bertz CT molecular complexity index is 935. The molecule has 2 aromatic carbocycles. The second-order valence-corrected chi connectivity index (χ2v) is 6.34. The monoisotopic (exact) mass is 371 g/mol. The van der Waals surface area contributed by atoms with Crippen LogP contribution in [0, 0.1) is 22.9 Å². The summed E-state index contributed by atoms with van der Waals surface area (Å²) in [6.07, 6.45) is 0. The number of ether oxygens (including phenoxy) is 1. The molecular weight excluding hydrogens is 357 g/mol. The van der Waals surface area contributed by atoms with Crippen molar-refractivity contribution in [3.05, 3.63) is 81.8 Å². The molecule has 0 radical (unpaired) electrons. The molecule has 6 nitrogen and oxygen atoms in total. The fourth-order valence-corrected chi connectivity index (χ4v) is 2.99. The van der Waals surface area contributed by atoms with E-state index in [0.29, 0.717) is 22.5 Å². The van der Waals surface area contributed by atoms with Crippen LogP contribution in [0.2, 0.25) is 0 Å². The summed E-state index contributed by atoms with van der Waals surface area (Å²) in [5, 5.41) is 11.2. The third-order valence-corrected chi connectivity index (χ3v) is 4.26. The van der Waals surface area contributed by atoms with Gasteiger partial charge in [-0.25, -0.2) is 9.37 Å². The number of aryl methyl sites for hydroxylation is 1. The van der Waals surface area contributed by atoms with Gasteiger partial charge >= 0.3 is 0 Å². The van der Waals surface area contributed by atoms with Crippen LogP contribution in [0.5, 0.6) is 11.6 Å². The summed E-state index contributed by atoms with van der Waals surface area (Å²) in [5.74, 6) is 0.852. The highest BCUT2D eigenvalue weighted by atomic mass is 32.2. The lowest BCUT2D eigenvalue weighted by Gasteiger charge is -2.07. The lowest BCUT2D eigenvalue weighted by Crippen LogP contribution is -1.95. The molecule has 0 unspecified atom stereocenters. The van der Waals surface area contributed by atoms with Gasteiger partial charge in [0, 0.05) is 35.7 Å². The number of rotatable bonds is 6. The van der Waals surface area contributed by atoms with Crippen LogP contribution in [-0.4, -0.2) is 14.9 Å². The predicted molar refractivity (Wildman–Crippen MR) is 95.9 cm³/mol. The molecule has 1 heterocycles. The minimum absolute atomic E-state index is 0.0522. The van der Waals surface area contributed by atoms with Gasteiger partial charge in [0.15, 0.2) is 5.16 Å². The summed E-state index contributed by atoms with van der Waals surface area (Å²) in [4.78, 5) is 18.9. The number of nitro benzene ring substituents is 1. The summed E-state index contributed by atoms with van der Waals surface area (Å²) < 4.78 is 18.9. The van der Waals surface area contributed by atoms with Crippen LogP contribution in [0.1, 0.15) is 11.3 Å². The van der Waals surface area contributed by atoms with E-state index in [1.54, 1.807) is 30.3 Å².